The van der Waals surface area contributed by atoms with Gasteiger partial charge in [0.2, 0.25) is 6.79 Å². The number of ether oxygens (including phenoxy) is 2. The molecule has 1 aliphatic heterocycles. The van der Waals surface area contributed by atoms with Crippen LogP contribution in [0.4, 0.5) is 0 Å². The predicted octanol–water partition coefficient (Wildman–Crippen LogP) is 2.03. The zero-order valence-corrected chi connectivity index (χ0v) is 12.9. The molecule has 0 aliphatic carbocycles. The Hall–Kier alpha value is -3.06. The van der Waals surface area contributed by atoms with Crippen molar-refractivity contribution < 1.29 is 24.3 Å². The van der Waals surface area contributed by atoms with Gasteiger partial charge < -0.3 is 14.8 Å². The lowest BCUT2D eigenvalue weighted by Gasteiger charge is -2.15. The molecule has 2 aromatic carbocycles. The van der Waals surface area contributed by atoms with E-state index in [1.807, 2.05) is 6.92 Å². The first-order chi connectivity index (χ1) is 11.6. The van der Waals surface area contributed by atoms with E-state index < -0.39 is 5.91 Å². The van der Waals surface area contributed by atoms with Gasteiger partial charge in [0.15, 0.2) is 11.5 Å². The Morgan fingerprint density at radius 3 is 2.38 bits per heavy atom. The van der Waals surface area contributed by atoms with Gasteiger partial charge in [-0.25, -0.2) is 5.48 Å². The first-order valence-corrected chi connectivity index (χ1v) is 7.33. The summed E-state index contributed by atoms with van der Waals surface area (Å²) in [5.41, 5.74) is 3.21. The number of amides is 2. The van der Waals surface area contributed by atoms with E-state index >= 15 is 0 Å². The standard InChI is InChI=1S/C17H16N2O5/c1-10(11-2-4-12(5-3-11)17(21)19-22)18-16(20)13-6-7-14-15(8-13)24-9-23-14/h2-8,10,22H,9H2,1H3,(H,18,20)(H,19,21). The number of carbonyl (C=O) groups excluding carboxylic acids is 2. The van der Waals surface area contributed by atoms with Gasteiger partial charge in [-0.1, -0.05) is 12.1 Å². The van der Waals surface area contributed by atoms with E-state index in [1.54, 1.807) is 47.9 Å². The van der Waals surface area contributed by atoms with Crippen molar-refractivity contribution in [3.63, 3.8) is 0 Å². The van der Waals surface area contributed by atoms with E-state index in [0.717, 1.165) is 5.56 Å². The lowest BCUT2D eigenvalue weighted by atomic mass is 10.1. The molecular formula is C17H16N2O5. The maximum atomic E-state index is 12.3. The van der Waals surface area contributed by atoms with Crippen molar-refractivity contribution in [2.24, 2.45) is 0 Å². The lowest BCUT2D eigenvalue weighted by Crippen LogP contribution is -2.26. The van der Waals surface area contributed by atoms with Crippen LogP contribution in [0.3, 0.4) is 0 Å². The van der Waals surface area contributed by atoms with E-state index in [4.69, 9.17) is 14.7 Å². The highest BCUT2D eigenvalue weighted by atomic mass is 16.7. The summed E-state index contributed by atoms with van der Waals surface area (Å²) in [5.74, 6) is 0.351. The van der Waals surface area contributed by atoms with Gasteiger partial charge in [0.1, 0.15) is 0 Å². The predicted molar refractivity (Wildman–Crippen MR) is 84.1 cm³/mol. The largest absolute Gasteiger partial charge is 0.454 e. The van der Waals surface area contributed by atoms with Gasteiger partial charge in [-0.15, -0.1) is 0 Å². The molecule has 2 aromatic rings. The van der Waals surface area contributed by atoms with Gasteiger partial charge in [-0.05, 0) is 42.8 Å². The Morgan fingerprint density at radius 2 is 1.67 bits per heavy atom. The first kappa shape index (κ1) is 15.8. The van der Waals surface area contributed by atoms with Crippen molar-refractivity contribution in [3.05, 3.63) is 59.2 Å². The van der Waals surface area contributed by atoms with Crippen molar-refractivity contribution in [3.8, 4) is 11.5 Å². The second-order valence-electron chi connectivity index (χ2n) is 5.33. The van der Waals surface area contributed by atoms with Crippen LogP contribution in [-0.2, 0) is 0 Å². The Kier molecular flexibility index (Phi) is 4.35. The number of fused-ring (bicyclic) bond motifs is 1. The van der Waals surface area contributed by atoms with Gasteiger partial charge in [-0.3, -0.25) is 14.8 Å². The number of benzene rings is 2. The highest BCUT2D eigenvalue weighted by Gasteiger charge is 2.17. The average molecular weight is 328 g/mol. The maximum Gasteiger partial charge on any atom is 0.274 e. The molecule has 1 aliphatic rings. The molecule has 0 fully saturated rings. The van der Waals surface area contributed by atoms with Crippen LogP contribution in [0.15, 0.2) is 42.5 Å². The van der Waals surface area contributed by atoms with Gasteiger partial charge in [0, 0.05) is 11.1 Å². The Labute approximate surface area is 138 Å². The molecule has 1 heterocycles. The summed E-state index contributed by atoms with van der Waals surface area (Å²) >= 11 is 0. The van der Waals surface area contributed by atoms with Crippen molar-refractivity contribution in [2.75, 3.05) is 6.79 Å². The molecule has 2 amide bonds. The van der Waals surface area contributed by atoms with Crippen molar-refractivity contribution in [1.29, 1.82) is 0 Å². The zero-order chi connectivity index (χ0) is 17.1. The van der Waals surface area contributed by atoms with Crippen LogP contribution in [0, 0.1) is 0 Å². The summed E-state index contributed by atoms with van der Waals surface area (Å²) < 4.78 is 10.5. The SMILES string of the molecule is CC(NC(=O)c1ccc2c(c1)OCO2)c1ccc(C(=O)NO)cc1. The second kappa shape index (κ2) is 6.59. The molecule has 24 heavy (non-hydrogen) atoms. The fraction of sp³-hybridized carbons (Fsp3) is 0.176. The van der Waals surface area contributed by atoms with E-state index in [2.05, 4.69) is 5.32 Å². The minimum absolute atomic E-state index is 0.157. The van der Waals surface area contributed by atoms with E-state index in [0.29, 0.717) is 22.6 Å². The van der Waals surface area contributed by atoms with Crippen LogP contribution < -0.4 is 20.3 Å². The number of hydrogen-bond donors (Lipinski definition) is 3. The van der Waals surface area contributed by atoms with Gasteiger partial charge in [0.05, 0.1) is 6.04 Å². The van der Waals surface area contributed by atoms with E-state index in [1.165, 1.54) is 0 Å². The fourth-order valence-electron chi connectivity index (χ4n) is 2.39. The monoisotopic (exact) mass is 328 g/mol. The minimum atomic E-state index is -0.585. The van der Waals surface area contributed by atoms with Crippen LogP contribution in [0.1, 0.15) is 39.2 Å². The summed E-state index contributed by atoms with van der Waals surface area (Å²) in [4.78, 5) is 23.6. The number of carbonyl (C=O) groups is 2. The molecule has 0 spiro atoms. The Morgan fingerprint density at radius 1 is 1.00 bits per heavy atom. The molecule has 0 saturated carbocycles. The van der Waals surface area contributed by atoms with Gasteiger partial charge in [-0.2, -0.15) is 0 Å². The van der Waals surface area contributed by atoms with Crippen LogP contribution in [0.2, 0.25) is 0 Å². The summed E-state index contributed by atoms with van der Waals surface area (Å²) in [7, 11) is 0. The van der Waals surface area contributed by atoms with Crippen molar-refractivity contribution in [2.45, 2.75) is 13.0 Å². The zero-order valence-electron chi connectivity index (χ0n) is 12.9. The Balaban J connectivity index is 1.68. The first-order valence-electron chi connectivity index (χ1n) is 7.33. The number of nitrogens with one attached hydrogen (secondary N) is 2. The molecule has 0 bridgehead atoms. The Bertz CT molecular complexity index is 773. The number of rotatable bonds is 4. The minimum Gasteiger partial charge on any atom is -0.454 e. The average Bonchev–Trinajstić information content (AvgIpc) is 3.08. The summed E-state index contributed by atoms with van der Waals surface area (Å²) in [6.45, 7) is 2.00. The molecule has 0 radical (unpaired) electrons. The molecule has 7 heteroatoms. The molecule has 0 aromatic heterocycles. The molecule has 0 saturated heterocycles. The highest BCUT2D eigenvalue weighted by Crippen LogP contribution is 2.32. The molecule has 1 unspecified atom stereocenters. The lowest BCUT2D eigenvalue weighted by molar-refractivity contribution is 0.0706. The quantitative estimate of drug-likeness (QED) is 0.589. The molecular weight excluding hydrogens is 312 g/mol. The smallest absolute Gasteiger partial charge is 0.274 e. The third-order valence-electron chi connectivity index (χ3n) is 3.76. The molecule has 124 valence electrons. The van der Waals surface area contributed by atoms with Crippen LogP contribution in [-0.4, -0.2) is 23.8 Å². The van der Waals surface area contributed by atoms with Crippen LogP contribution in [0.5, 0.6) is 11.5 Å². The maximum absolute atomic E-state index is 12.3. The van der Waals surface area contributed by atoms with Gasteiger partial charge in [0.25, 0.3) is 11.8 Å². The summed E-state index contributed by atoms with van der Waals surface area (Å²) in [6.07, 6.45) is 0. The van der Waals surface area contributed by atoms with Crippen LogP contribution >= 0.6 is 0 Å². The number of hydrogen-bond acceptors (Lipinski definition) is 5. The molecule has 7 nitrogen and oxygen atoms in total. The molecule has 3 N–H and O–H groups in total. The van der Waals surface area contributed by atoms with Gasteiger partial charge >= 0.3 is 0 Å². The molecule has 3 rings (SSSR count). The summed E-state index contributed by atoms with van der Waals surface area (Å²) in [5, 5.41) is 11.5. The van der Waals surface area contributed by atoms with E-state index in [9.17, 15) is 9.59 Å². The third kappa shape index (κ3) is 3.16. The normalized spacial score (nSPS) is 13.2. The summed E-state index contributed by atoms with van der Waals surface area (Å²) in [6, 6.07) is 11.3. The van der Waals surface area contributed by atoms with E-state index in [-0.39, 0.29) is 18.7 Å². The topological polar surface area (TPSA) is 96.9 Å². The van der Waals surface area contributed by atoms with Crippen LogP contribution in [0.25, 0.3) is 0 Å². The molecule has 1 atom stereocenters. The fourth-order valence-corrected chi connectivity index (χ4v) is 2.39. The van der Waals surface area contributed by atoms with Crippen molar-refractivity contribution >= 4 is 11.8 Å². The van der Waals surface area contributed by atoms with Crippen molar-refractivity contribution in [1.82, 2.24) is 10.8 Å². The number of hydroxylamine groups is 1. The third-order valence-corrected chi connectivity index (χ3v) is 3.76. The second-order valence-corrected chi connectivity index (χ2v) is 5.33. The highest BCUT2D eigenvalue weighted by molar-refractivity contribution is 5.95.